The fourth-order valence-electron chi connectivity index (χ4n) is 2.64. The molecule has 0 saturated heterocycles. The van der Waals surface area contributed by atoms with Crippen molar-refractivity contribution >= 4 is 22.6 Å². The molecule has 4 heteroatoms. The lowest BCUT2D eigenvalue weighted by Crippen LogP contribution is -2.04. The number of nitrogens with zero attached hydrogens (tertiary/aromatic N) is 2. The average molecular weight is 279 g/mol. The quantitative estimate of drug-likeness (QED) is 0.777. The summed E-state index contributed by atoms with van der Waals surface area (Å²) >= 11 is 6.05. The van der Waals surface area contributed by atoms with Crippen molar-refractivity contribution in [1.29, 1.82) is 0 Å². The van der Waals surface area contributed by atoms with Crippen molar-refractivity contribution in [3.8, 4) is 5.75 Å². The number of benzene rings is 1. The maximum Gasteiger partial charge on any atom is 0.147 e. The van der Waals surface area contributed by atoms with E-state index in [1.807, 2.05) is 19.1 Å². The van der Waals surface area contributed by atoms with E-state index in [1.54, 1.807) is 0 Å². The molecule has 0 radical (unpaired) electrons. The van der Waals surface area contributed by atoms with Crippen molar-refractivity contribution in [2.75, 3.05) is 6.61 Å². The van der Waals surface area contributed by atoms with Crippen molar-refractivity contribution < 1.29 is 4.74 Å². The molecule has 0 spiro atoms. The van der Waals surface area contributed by atoms with Crippen LogP contribution in [0.3, 0.4) is 0 Å². The third-order valence-corrected chi connectivity index (χ3v) is 4.17. The highest BCUT2D eigenvalue weighted by Gasteiger charge is 2.33. The van der Waals surface area contributed by atoms with Gasteiger partial charge in [0.15, 0.2) is 0 Å². The maximum absolute atomic E-state index is 6.05. The van der Waals surface area contributed by atoms with E-state index in [1.165, 1.54) is 6.42 Å². The molecular weight excluding hydrogens is 260 g/mol. The number of fused-ring (bicyclic) bond motifs is 1. The minimum atomic E-state index is 0.446. The van der Waals surface area contributed by atoms with Crippen LogP contribution in [0.1, 0.15) is 26.1 Å². The largest absolute Gasteiger partial charge is 0.492 e. The third-order valence-electron chi connectivity index (χ3n) is 3.93. The standard InChI is InChI=1S/C15H19ClN2O/c1-3-19-13-6-4-5-12-15(13)17-14(8-16)18(12)9-11-7-10(11)2/h4-6,10-11H,3,7-9H2,1-2H3. The molecule has 1 aliphatic rings. The molecule has 19 heavy (non-hydrogen) atoms. The normalized spacial score (nSPS) is 21.8. The van der Waals surface area contributed by atoms with Crippen LogP contribution in [0.2, 0.25) is 0 Å². The lowest BCUT2D eigenvalue weighted by atomic mass is 10.2. The van der Waals surface area contributed by atoms with Crippen LogP contribution in [0, 0.1) is 11.8 Å². The minimum Gasteiger partial charge on any atom is -0.492 e. The Bertz CT molecular complexity index is 593. The van der Waals surface area contributed by atoms with Gasteiger partial charge in [-0.2, -0.15) is 0 Å². The number of imidazole rings is 1. The van der Waals surface area contributed by atoms with Crippen LogP contribution in [0.25, 0.3) is 11.0 Å². The molecule has 2 atom stereocenters. The second-order valence-electron chi connectivity index (χ2n) is 5.30. The monoisotopic (exact) mass is 278 g/mol. The fraction of sp³-hybridized carbons (Fsp3) is 0.533. The summed E-state index contributed by atoms with van der Waals surface area (Å²) < 4.78 is 7.92. The van der Waals surface area contributed by atoms with Gasteiger partial charge in [-0.1, -0.05) is 13.0 Å². The summed E-state index contributed by atoms with van der Waals surface area (Å²) in [5.41, 5.74) is 2.08. The topological polar surface area (TPSA) is 27.1 Å². The van der Waals surface area contributed by atoms with Gasteiger partial charge in [-0.15, -0.1) is 11.6 Å². The summed E-state index contributed by atoms with van der Waals surface area (Å²) in [6.45, 7) is 5.97. The lowest BCUT2D eigenvalue weighted by molar-refractivity contribution is 0.343. The molecule has 3 nitrogen and oxygen atoms in total. The zero-order valence-corrected chi connectivity index (χ0v) is 12.2. The summed E-state index contributed by atoms with van der Waals surface area (Å²) in [6, 6.07) is 6.11. The maximum atomic E-state index is 6.05. The van der Waals surface area contributed by atoms with Gasteiger partial charge in [0, 0.05) is 6.54 Å². The molecule has 1 heterocycles. The molecule has 1 aliphatic carbocycles. The molecule has 0 N–H and O–H groups in total. The number of ether oxygens (including phenoxy) is 1. The molecular formula is C15H19ClN2O. The van der Waals surface area contributed by atoms with Crippen molar-refractivity contribution in [2.45, 2.75) is 32.7 Å². The highest BCUT2D eigenvalue weighted by molar-refractivity contribution is 6.16. The van der Waals surface area contributed by atoms with E-state index in [2.05, 4.69) is 22.5 Å². The van der Waals surface area contributed by atoms with E-state index in [0.717, 1.165) is 41.0 Å². The fourth-order valence-corrected chi connectivity index (χ4v) is 2.84. The van der Waals surface area contributed by atoms with Crippen LogP contribution in [-0.4, -0.2) is 16.2 Å². The second-order valence-corrected chi connectivity index (χ2v) is 5.57. The Kier molecular flexibility index (Phi) is 3.40. The van der Waals surface area contributed by atoms with Crippen LogP contribution >= 0.6 is 11.6 Å². The van der Waals surface area contributed by atoms with E-state index in [9.17, 15) is 0 Å². The van der Waals surface area contributed by atoms with Crippen molar-refractivity contribution in [1.82, 2.24) is 9.55 Å². The number of para-hydroxylation sites is 1. The van der Waals surface area contributed by atoms with E-state index >= 15 is 0 Å². The highest BCUT2D eigenvalue weighted by atomic mass is 35.5. The van der Waals surface area contributed by atoms with Crippen LogP contribution in [0.5, 0.6) is 5.75 Å². The Labute approximate surface area is 118 Å². The Morgan fingerprint density at radius 2 is 2.26 bits per heavy atom. The minimum absolute atomic E-state index is 0.446. The molecule has 1 fully saturated rings. The molecule has 1 aromatic heterocycles. The number of rotatable bonds is 5. The van der Waals surface area contributed by atoms with Gasteiger partial charge in [-0.05, 0) is 37.3 Å². The first-order valence-corrected chi connectivity index (χ1v) is 7.45. The molecule has 1 aromatic carbocycles. The van der Waals surface area contributed by atoms with E-state index in [0.29, 0.717) is 12.5 Å². The van der Waals surface area contributed by atoms with Gasteiger partial charge in [-0.3, -0.25) is 0 Å². The van der Waals surface area contributed by atoms with E-state index in [4.69, 9.17) is 16.3 Å². The van der Waals surface area contributed by atoms with Crippen LogP contribution in [0.15, 0.2) is 18.2 Å². The summed E-state index contributed by atoms with van der Waals surface area (Å²) in [7, 11) is 0. The molecule has 0 amide bonds. The van der Waals surface area contributed by atoms with Crippen molar-refractivity contribution in [2.24, 2.45) is 11.8 Å². The molecule has 2 unspecified atom stereocenters. The summed E-state index contributed by atoms with van der Waals surface area (Å²) in [5, 5.41) is 0. The van der Waals surface area contributed by atoms with Crippen molar-refractivity contribution in [3.63, 3.8) is 0 Å². The Morgan fingerprint density at radius 1 is 1.47 bits per heavy atom. The van der Waals surface area contributed by atoms with Gasteiger partial charge < -0.3 is 9.30 Å². The third kappa shape index (κ3) is 2.32. The van der Waals surface area contributed by atoms with Gasteiger partial charge in [0.2, 0.25) is 0 Å². The predicted molar refractivity (Wildman–Crippen MR) is 77.7 cm³/mol. The smallest absolute Gasteiger partial charge is 0.147 e. The summed E-state index contributed by atoms with van der Waals surface area (Å²) in [5.74, 6) is 3.85. The Morgan fingerprint density at radius 3 is 2.89 bits per heavy atom. The predicted octanol–water partition coefficient (Wildman–Crippen LogP) is 3.83. The summed E-state index contributed by atoms with van der Waals surface area (Å²) in [4.78, 5) is 4.66. The molecule has 3 rings (SSSR count). The molecule has 1 saturated carbocycles. The molecule has 0 bridgehead atoms. The Hall–Kier alpha value is -1.22. The number of halogens is 1. The van der Waals surface area contributed by atoms with Gasteiger partial charge in [0.05, 0.1) is 18.0 Å². The first-order valence-electron chi connectivity index (χ1n) is 6.91. The second kappa shape index (κ2) is 5.04. The van der Waals surface area contributed by atoms with Crippen LogP contribution in [-0.2, 0) is 12.4 Å². The first-order chi connectivity index (χ1) is 9.24. The number of hydrogen-bond donors (Lipinski definition) is 0. The Balaban J connectivity index is 2.05. The first kappa shape index (κ1) is 12.8. The van der Waals surface area contributed by atoms with Crippen LogP contribution < -0.4 is 4.74 Å². The molecule has 0 aliphatic heterocycles. The number of aromatic nitrogens is 2. The van der Waals surface area contributed by atoms with Gasteiger partial charge >= 0.3 is 0 Å². The number of hydrogen-bond acceptors (Lipinski definition) is 2. The zero-order valence-electron chi connectivity index (χ0n) is 11.4. The molecule has 2 aromatic rings. The average Bonchev–Trinajstić information content (AvgIpc) is 2.98. The van der Waals surface area contributed by atoms with E-state index in [-0.39, 0.29) is 0 Å². The van der Waals surface area contributed by atoms with Gasteiger partial charge in [0.25, 0.3) is 0 Å². The highest BCUT2D eigenvalue weighted by Crippen LogP contribution is 2.40. The van der Waals surface area contributed by atoms with Crippen molar-refractivity contribution in [3.05, 3.63) is 24.0 Å². The number of alkyl halides is 1. The van der Waals surface area contributed by atoms with Gasteiger partial charge in [-0.25, -0.2) is 4.98 Å². The van der Waals surface area contributed by atoms with Crippen LogP contribution in [0.4, 0.5) is 0 Å². The van der Waals surface area contributed by atoms with E-state index < -0.39 is 0 Å². The zero-order chi connectivity index (χ0) is 13.4. The lowest BCUT2D eigenvalue weighted by Gasteiger charge is -2.07. The van der Waals surface area contributed by atoms with Gasteiger partial charge in [0.1, 0.15) is 17.1 Å². The molecule has 102 valence electrons. The summed E-state index contributed by atoms with van der Waals surface area (Å²) in [6.07, 6.45) is 1.31. The SMILES string of the molecule is CCOc1cccc2c1nc(CCl)n2CC1CC1C.